The molecule has 25 heavy (non-hydrogen) atoms. The molecular weight excluding hydrogens is 354 g/mol. The molecule has 5 nitrogen and oxygen atoms in total. The number of rotatable bonds is 6. The highest BCUT2D eigenvalue weighted by molar-refractivity contribution is 7.89. The van der Waals surface area contributed by atoms with Crippen molar-refractivity contribution in [1.29, 1.82) is 0 Å². The van der Waals surface area contributed by atoms with Gasteiger partial charge in [0.15, 0.2) is 9.84 Å². The Hall–Kier alpha value is -2.51. The fourth-order valence-electron chi connectivity index (χ4n) is 2.23. The second kappa shape index (κ2) is 7.58. The molecule has 1 N–H and O–H groups in total. The second-order valence-electron chi connectivity index (χ2n) is 5.59. The van der Waals surface area contributed by atoms with Crippen molar-refractivity contribution in [3.05, 3.63) is 71.1 Å². The maximum absolute atomic E-state index is 11.3. The van der Waals surface area contributed by atoms with Crippen molar-refractivity contribution in [3.8, 4) is 11.3 Å². The van der Waals surface area contributed by atoms with Crippen LogP contribution in [-0.4, -0.2) is 25.9 Å². The molecule has 0 radical (unpaired) electrons. The number of benzene rings is 2. The molecule has 0 atom stereocenters. The summed E-state index contributed by atoms with van der Waals surface area (Å²) in [6.45, 7) is 0. The lowest BCUT2D eigenvalue weighted by Crippen LogP contribution is -2.00. The van der Waals surface area contributed by atoms with E-state index in [1.165, 1.54) is 17.6 Å². The van der Waals surface area contributed by atoms with E-state index in [1.54, 1.807) is 18.3 Å². The number of sulfone groups is 1. The highest BCUT2D eigenvalue weighted by atomic mass is 32.2. The molecule has 2 aromatic carbocycles. The molecule has 0 bridgehead atoms. The molecule has 128 valence electrons. The van der Waals surface area contributed by atoms with Crippen LogP contribution in [0.1, 0.15) is 11.1 Å². The maximum Gasteiger partial charge on any atom is 0.203 e. The lowest BCUT2D eigenvalue weighted by Gasteiger charge is -2.00. The van der Waals surface area contributed by atoms with Crippen LogP contribution in [0, 0.1) is 0 Å². The zero-order chi connectivity index (χ0) is 17.7. The summed E-state index contributed by atoms with van der Waals surface area (Å²) >= 11 is 1.49. The molecule has 1 heterocycles. The monoisotopic (exact) mass is 371 g/mol. The Labute approximate surface area is 151 Å². The summed E-state index contributed by atoms with van der Waals surface area (Å²) in [5.41, 5.74) is 6.54. The number of hydrogen-bond acceptors (Lipinski definition) is 6. The van der Waals surface area contributed by atoms with E-state index in [0.717, 1.165) is 22.4 Å². The van der Waals surface area contributed by atoms with E-state index < -0.39 is 9.84 Å². The quantitative estimate of drug-likeness (QED) is 0.528. The number of hydrazone groups is 1. The van der Waals surface area contributed by atoms with Crippen molar-refractivity contribution in [3.63, 3.8) is 0 Å². The molecule has 0 saturated carbocycles. The van der Waals surface area contributed by atoms with Crippen LogP contribution in [-0.2, 0) is 15.6 Å². The first-order chi connectivity index (χ1) is 12.0. The maximum atomic E-state index is 11.3. The molecule has 0 unspecified atom stereocenters. The van der Waals surface area contributed by atoms with Gasteiger partial charge in [-0.05, 0) is 11.1 Å². The Morgan fingerprint density at radius 1 is 1.12 bits per heavy atom. The summed E-state index contributed by atoms with van der Waals surface area (Å²) in [5, 5.41) is 6.87. The van der Waals surface area contributed by atoms with Gasteiger partial charge in [0.1, 0.15) is 0 Å². The topological polar surface area (TPSA) is 71.4 Å². The van der Waals surface area contributed by atoms with E-state index in [1.807, 2.05) is 47.8 Å². The Kier molecular flexibility index (Phi) is 5.25. The standard InChI is InChI=1S/C18H17N3O2S2/c1-25(22,23)13-15-9-7-14(8-10-15)11-19-21-18-20-17(12-24-18)16-5-3-2-4-6-16/h2-12H,13H2,1H3,(H,20,21). The first-order valence-electron chi connectivity index (χ1n) is 7.56. The molecule has 0 fully saturated rings. The second-order valence-corrected chi connectivity index (χ2v) is 8.58. The van der Waals surface area contributed by atoms with Gasteiger partial charge in [0.05, 0.1) is 17.7 Å². The van der Waals surface area contributed by atoms with Crippen molar-refractivity contribution in [1.82, 2.24) is 4.98 Å². The van der Waals surface area contributed by atoms with Gasteiger partial charge in [-0.15, -0.1) is 11.3 Å². The summed E-state index contributed by atoms with van der Waals surface area (Å²) in [6.07, 6.45) is 2.90. The molecule has 0 spiro atoms. The highest BCUT2D eigenvalue weighted by Crippen LogP contribution is 2.24. The van der Waals surface area contributed by atoms with E-state index in [-0.39, 0.29) is 5.75 Å². The van der Waals surface area contributed by atoms with Crippen LogP contribution in [0.3, 0.4) is 0 Å². The number of thiazole rings is 1. The van der Waals surface area contributed by atoms with Gasteiger partial charge >= 0.3 is 0 Å². The molecular formula is C18H17N3O2S2. The van der Waals surface area contributed by atoms with Gasteiger partial charge in [0, 0.05) is 17.2 Å². The van der Waals surface area contributed by atoms with E-state index >= 15 is 0 Å². The molecule has 7 heteroatoms. The van der Waals surface area contributed by atoms with E-state index in [9.17, 15) is 8.42 Å². The normalized spacial score (nSPS) is 11.7. The smallest absolute Gasteiger partial charge is 0.203 e. The minimum atomic E-state index is -3.02. The molecule has 3 rings (SSSR count). The Balaban J connectivity index is 1.61. The van der Waals surface area contributed by atoms with Crippen LogP contribution in [0.4, 0.5) is 5.13 Å². The number of nitrogens with one attached hydrogen (secondary N) is 1. The van der Waals surface area contributed by atoms with Crippen molar-refractivity contribution in [2.24, 2.45) is 5.10 Å². The summed E-state index contributed by atoms with van der Waals surface area (Å²) in [7, 11) is -3.02. The summed E-state index contributed by atoms with van der Waals surface area (Å²) in [5.74, 6) is 0.0457. The van der Waals surface area contributed by atoms with Gasteiger partial charge < -0.3 is 0 Å². The van der Waals surface area contributed by atoms with Gasteiger partial charge in [0.25, 0.3) is 0 Å². The third kappa shape index (κ3) is 5.23. The number of nitrogens with zero attached hydrogens (tertiary/aromatic N) is 2. The van der Waals surface area contributed by atoms with Crippen LogP contribution in [0.2, 0.25) is 0 Å². The number of anilines is 1. The van der Waals surface area contributed by atoms with Crippen LogP contribution in [0.15, 0.2) is 65.1 Å². The van der Waals surface area contributed by atoms with E-state index in [4.69, 9.17) is 0 Å². The minimum Gasteiger partial charge on any atom is -0.253 e. The van der Waals surface area contributed by atoms with Gasteiger partial charge in [-0.3, -0.25) is 5.43 Å². The van der Waals surface area contributed by atoms with E-state index in [2.05, 4.69) is 15.5 Å². The fraction of sp³-hybridized carbons (Fsp3) is 0.111. The average molecular weight is 371 g/mol. The van der Waals surface area contributed by atoms with Gasteiger partial charge in [0.2, 0.25) is 5.13 Å². The van der Waals surface area contributed by atoms with Crippen molar-refractivity contribution in [2.75, 3.05) is 11.7 Å². The Morgan fingerprint density at radius 3 is 2.52 bits per heavy atom. The third-order valence-electron chi connectivity index (χ3n) is 3.36. The minimum absolute atomic E-state index is 0.0457. The van der Waals surface area contributed by atoms with Crippen LogP contribution < -0.4 is 5.43 Å². The number of aromatic nitrogens is 1. The molecule has 0 aliphatic rings. The molecule has 0 aliphatic carbocycles. The van der Waals surface area contributed by atoms with Crippen LogP contribution >= 0.6 is 11.3 Å². The highest BCUT2D eigenvalue weighted by Gasteiger charge is 2.04. The van der Waals surface area contributed by atoms with Gasteiger partial charge in [-0.25, -0.2) is 13.4 Å². The van der Waals surface area contributed by atoms with Crippen LogP contribution in [0.5, 0.6) is 0 Å². The average Bonchev–Trinajstić information content (AvgIpc) is 3.05. The summed E-state index contributed by atoms with van der Waals surface area (Å²) in [6, 6.07) is 17.2. The first kappa shape index (κ1) is 17.3. The Bertz CT molecular complexity index is 963. The lowest BCUT2D eigenvalue weighted by atomic mass is 10.2. The predicted octanol–water partition coefficient (Wildman–Crippen LogP) is 3.80. The lowest BCUT2D eigenvalue weighted by molar-refractivity contribution is 0.601. The van der Waals surface area contributed by atoms with E-state index in [0.29, 0.717) is 5.13 Å². The summed E-state index contributed by atoms with van der Waals surface area (Å²) in [4.78, 5) is 4.49. The van der Waals surface area contributed by atoms with Gasteiger partial charge in [-0.2, -0.15) is 5.10 Å². The predicted molar refractivity (Wildman–Crippen MR) is 104 cm³/mol. The van der Waals surface area contributed by atoms with Gasteiger partial charge in [-0.1, -0.05) is 54.6 Å². The third-order valence-corrected chi connectivity index (χ3v) is 4.96. The molecule has 1 aromatic heterocycles. The van der Waals surface area contributed by atoms with Crippen LogP contribution in [0.25, 0.3) is 11.3 Å². The zero-order valence-electron chi connectivity index (χ0n) is 13.6. The molecule has 0 aliphatic heterocycles. The SMILES string of the molecule is CS(=O)(=O)Cc1ccc(C=NNc2nc(-c3ccccc3)cs2)cc1. The molecule has 3 aromatic rings. The fourth-order valence-corrected chi connectivity index (χ4v) is 3.70. The first-order valence-corrected chi connectivity index (χ1v) is 10.5. The van der Waals surface area contributed by atoms with Crippen molar-refractivity contribution >= 4 is 32.5 Å². The largest absolute Gasteiger partial charge is 0.253 e. The summed E-state index contributed by atoms with van der Waals surface area (Å²) < 4.78 is 22.6. The van der Waals surface area contributed by atoms with Crippen molar-refractivity contribution in [2.45, 2.75) is 5.75 Å². The van der Waals surface area contributed by atoms with Crippen molar-refractivity contribution < 1.29 is 8.42 Å². The zero-order valence-corrected chi connectivity index (χ0v) is 15.2. The number of hydrogen-bond donors (Lipinski definition) is 1. The molecule has 0 saturated heterocycles. The Morgan fingerprint density at radius 2 is 1.84 bits per heavy atom. The molecule has 0 amide bonds.